The molecule has 1 aliphatic rings. The summed E-state index contributed by atoms with van der Waals surface area (Å²) in [5, 5.41) is 5.17. The number of nitrogens with one attached hydrogen (secondary N) is 2. The Labute approximate surface area is 195 Å². The number of ether oxygens (including phenoxy) is 2. The van der Waals surface area contributed by atoms with E-state index < -0.39 is 17.6 Å². The van der Waals surface area contributed by atoms with Gasteiger partial charge in [0.05, 0.1) is 5.02 Å². The summed E-state index contributed by atoms with van der Waals surface area (Å²) in [6.45, 7) is 3.97. The van der Waals surface area contributed by atoms with Crippen LogP contribution in [-0.2, 0) is 4.79 Å². The zero-order valence-corrected chi connectivity index (χ0v) is 18.6. The maximum Gasteiger partial charge on any atom is 0.272 e. The molecule has 0 aliphatic carbocycles. The lowest BCUT2D eigenvalue weighted by molar-refractivity contribution is -0.113. The van der Waals surface area contributed by atoms with E-state index in [0.29, 0.717) is 22.6 Å². The predicted molar refractivity (Wildman–Crippen MR) is 124 cm³/mol. The van der Waals surface area contributed by atoms with Gasteiger partial charge in [0.2, 0.25) is 6.79 Å². The molecule has 0 spiro atoms. The molecule has 2 N–H and O–H groups in total. The third-order valence-electron chi connectivity index (χ3n) is 5.15. The molecule has 0 bridgehead atoms. The first kappa shape index (κ1) is 22.4. The van der Waals surface area contributed by atoms with Gasteiger partial charge in [0, 0.05) is 11.3 Å². The van der Waals surface area contributed by atoms with Gasteiger partial charge in [-0.15, -0.1) is 0 Å². The Balaban J connectivity index is 1.64. The van der Waals surface area contributed by atoms with Crippen LogP contribution in [0.25, 0.3) is 6.08 Å². The second-order valence-electron chi connectivity index (χ2n) is 7.51. The highest BCUT2D eigenvalue weighted by atomic mass is 35.5. The number of aryl methyl sites for hydroxylation is 2. The van der Waals surface area contributed by atoms with E-state index in [9.17, 15) is 14.0 Å². The molecule has 1 heterocycles. The van der Waals surface area contributed by atoms with Crippen LogP contribution in [0, 0.1) is 19.7 Å². The fourth-order valence-electron chi connectivity index (χ4n) is 3.18. The van der Waals surface area contributed by atoms with Crippen LogP contribution in [0.5, 0.6) is 11.5 Å². The molecule has 0 saturated heterocycles. The van der Waals surface area contributed by atoms with E-state index in [-0.39, 0.29) is 23.2 Å². The summed E-state index contributed by atoms with van der Waals surface area (Å²) >= 11 is 5.82. The van der Waals surface area contributed by atoms with Crippen LogP contribution < -0.4 is 20.1 Å². The summed E-state index contributed by atoms with van der Waals surface area (Å²) < 4.78 is 24.2. The van der Waals surface area contributed by atoms with Crippen LogP contribution >= 0.6 is 11.6 Å². The molecule has 8 heteroatoms. The summed E-state index contributed by atoms with van der Waals surface area (Å²) in [6.07, 6.45) is 1.52. The zero-order valence-electron chi connectivity index (χ0n) is 17.9. The van der Waals surface area contributed by atoms with Crippen LogP contribution in [0.1, 0.15) is 27.0 Å². The highest BCUT2D eigenvalue weighted by Crippen LogP contribution is 2.33. The molecule has 0 aromatic heterocycles. The van der Waals surface area contributed by atoms with E-state index in [0.717, 1.165) is 17.2 Å². The molecule has 0 fully saturated rings. The van der Waals surface area contributed by atoms with Crippen LogP contribution in [-0.4, -0.2) is 18.6 Å². The van der Waals surface area contributed by atoms with Gasteiger partial charge in [-0.25, -0.2) is 4.39 Å². The van der Waals surface area contributed by atoms with Crippen molar-refractivity contribution in [1.29, 1.82) is 0 Å². The molecule has 0 radical (unpaired) electrons. The number of anilines is 1. The smallest absolute Gasteiger partial charge is 0.272 e. The second kappa shape index (κ2) is 9.34. The Hall–Kier alpha value is -3.84. The van der Waals surface area contributed by atoms with Crippen LogP contribution in [0.4, 0.5) is 10.1 Å². The highest BCUT2D eigenvalue weighted by molar-refractivity contribution is 6.31. The Kier molecular flexibility index (Phi) is 6.33. The standard InChI is InChI=1S/C25H20ClFN2O4/c1-14-3-5-17(9-15(14)2)24(30)29-21(10-16-4-8-22-23(11-16)33-13-32-22)25(31)28-18-6-7-20(27)19(26)12-18/h3-12H,13H2,1-2H3,(H,28,31)(H,29,30)/b21-10-. The van der Waals surface area contributed by atoms with Gasteiger partial charge in [0.15, 0.2) is 11.5 Å². The van der Waals surface area contributed by atoms with Gasteiger partial charge in [-0.05, 0) is 79.1 Å². The molecule has 3 aromatic rings. The van der Waals surface area contributed by atoms with Gasteiger partial charge in [0.1, 0.15) is 11.5 Å². The molecule has 168 valence electrons. The Bertz CT molecular complexity index is 1290. The number of benzene rings is 3. The van der Waals surface area contributed by atoms with Gasteiger partial charge in [0.25, 0.3) is 11.8 Å². The lowest BCUT2D eigenvalue weighted by Gasteiger charge is -2.12. The van der Waals surface area contributed by atoms with Gasteiger partial charge >= 0.3 is 0 Å². The minimum absolute atomic E-state index is 0.0162. The van der Waals surface area contributed by atoms with E-state index in [4.69, 9.17) is 21.1 Å². The molecule has 3 aromatic carbocycles. The van der Waals surface area contributed by atoms with E-state index in [1.165, 1.54) is 18.2 Å². The number of carbonyl (C=O) groups excluding carboxylic acids is 2. The van der Waals surface area contributed by atoms with Crippen molar-refractivity contribution < 1.29 is 23.5 Å². The highest BCUT2D eigenvalue weighted by Gasteiger charge is 2.18. The quantitative estimate of drug-likeness (QED) is 0.504. The van der Waals surface area contributed by atoms with E-state index in [1.54, 1.807) is 30.3 Å². The topological polar surface area (TPSA) is 76.7 Å². The molecule has 2 amide bonds. The molecule has 0 saturated carbocycles. The Morgan fingerprint density at radius 1 is 0.970 bits per heavy atom. The van der Waals surface area contributed by atoms with Crippen molar-refractivity contribution in [3.05, 3.63) is 93.4 Å². The SMILES string of the molecule is Cc1ccc(C(=O)N/C(=C\c2ccc3c(c2)OCO3)C(=O)Nc2ccc(F)c(Cl)c2)cc1C. The summed E-state index contributed by atoms with van der Waals surface area (Å²) in [4.78, 5) is 26.0. The average Bonchev–Trinajstić information content (AvgIpc) is 3.25. The number of carbonyl (C=O) groups is 2. The van der Waals surface area contributed by atoms with Crippen LogP contribution in [0.3, 0.4) is 0 Å². The van der Waals surface area contributed by atoms with E-state index in [2.05, 4.69) is 10.6 Å². The van der Waals surface area contributed by atoms with Crippen molar-refractivity contribution in [2.45, 2.75) is 13.8 Å². The Morgan fingerprint density at radius 3 is 2.52 bits per heavy atom. The van der Waals surface area contributed by atoms with E-state index in [1.807, 2.05) is 19.9 Å². The van der Waals surface area contributed by atoms with Crippen LogP contribution in [0.2, 0.25) is 5.02 Å². The fourth-order valence-corrected chi connectivity index (χ4v) is 3.36. The summed E-state index contributed by atoms with van der Waals surface area (Å²) in [7, 11) is 0. The minimum atomic E-state index is -0.604. The van der Waals surface area contributed by atoms with Gasteiger partial charge < -0.3 is 20.1 Å². The zero-order chi connectivity index (χ0) is 23.5. The number of rotatable bonds is 5. The average molecular weight is 467 g/mol. The minimum Gasteiger partial charge on any atom is -0.454 e. The van der Waals surface area contributed by atoms with Crippen LogP contribution in [0.15, 0.2) is 60.3 Å². The van der Waals surface area contributed by atoms with Crippen molar-refractivity contribution in [3.63, 3.8) is 0 Å². The molecule has 0 unspecified atom stereocenters. The van der Waals surface area contributed by atoms with Crippen molar-refractivity contribution in [1.82, 2.24) is 5.32 Å². The largest absolute Gasteiger partial charge is 0.454 e. The summed E-state index contributed by atoms with van der Waals surface area (Å²) in [6, 6.07) is 14.2. The Morgan fingerprint density at radius 2 is 1.76 bits per heavy atom. The number of hydrogen-bond acceptors (Lipinski definition) is 4. The monoisotopic (exact) mass is 466 g/mol. The number of amides is 2. The second-order valence-corrected chi connectivity index (χ2v) is 7.91. The first-order valence-electron chi connectivity index (χ1n) is 10.1. The number of halogens is 2. The van der Waals surface area contributed by atoms with Crippen molar-refractivity contribution in [2.24, 2.45) is 0 Å². The molecule has 6 nitrogen and oxygen atoms in total. The van der Waals surface area contributed by atoms with Crippen molar-refractivity contribution in [3.8, 4) is 11.5 Å². The molecule has 33 heavy (non-hydrogen) atoms. The number of fused-ring (bicyclic) bond motifs is 1. The molecular formula is C25H20ClFN2O4. The van der Waals surface area contributed by atoms with Gasteiger partial charge in [-0.1, -0.05) is 23.7 Å². The normalized spacial score (nSPS) is 12.4. The first-order valence-corrected chi connectivity index (χ1v) is 10.4. The first-order chi connectivity index (χ1) is 15.8. The van der Waals surface area contributed by atoms with E-state index >= 15 is 0 Å². The maximum absolute atomic E-state index is 13.5. The fraction of sp³-hybridized carbons (Fsp3) is 0.120. The maximum atomic E-state index is 13.5. The molecular weight excluding hydrogens is 447 g/mol. The predicted octanol–water partition coefficient (Wildman–Crippen LogP) is 5.23. The summed E-state index contributed by atoms with van der Waals surface area (Å²) in [5.41, 5.74) is 3.29. The lowest BCUT2D eigenvalue weighted by Crippen LogP contribution is -2.30. The molecule has 0 atom stereocenters. The molecule has 4 rings (SSSR count). The third-order valence-corrected chi connectivity index (χ3v) is 5.44. The van der Waals surface area contributed by atoms with Gasteiger partial charge in [-0.3, -0.25) is 9.59 Å². The van der Waals surface area contributed by atoms with Crippen molar-refractivity contribution >= 4 is 35.2 Å². The van der Waals surface area contributed by atoms with Gasteiger partial charge in [-0.2, -0.15) is 0 Å². The summed E-state index contributed by atoms with van der Waals surface area (Å²) in [5.74, 6) is -0.522. The van der Waals surface area contributed by atoms with Crippen molar-refractivity contribution in [2.75, 3.05) is 12.1 Å². The third kappa shape index (κ3) is 5.15. The lowest BCUT2D eigenvalue weighted by atomic mass is 10.1. The molecule has 1 aliphatic heterocycles. The number of hydrogen-bond donors (Lipinski definition) is 2.